The normalized spacial score (nSPS) is 16.5. The lowest BCUT2D eigenvalue weighted by Crippen LogP contribution is -2.51. The molecule has 0 radical (unpaired) electrons. The number of rotatable bonds is 9. The van der Waals surface area contributed by atoms with E-state index >= 15 is 0 Å². The molecule has 1 fully saturated rings. The maximum Gasteiger partial charge on any atom is 0.251 e. The highest BCUT2D eigenvalue weighted by Gasteiger charge is 2.22. The first-order valence-electron chi connectivity index (χ1n) is 10.3. The zero-order chi connectivity index (χ0) is 21.1. The molecule has 1 amide bonds. The van der Waals surface area contributed by atoms with Crippen LogP contribution in [0.5, 0.6) is 0 Å². The van der Waals surface area contributed by atoms with E-state index < -0.39 is 0 Å². The Kier molecular flexibility index (Phi) is 10.2. The Morgan fingerprint density at radius 2 is 1.79 bits per heavy atom. The van der Waals surface area contributed by atoms with Crippen molar-refractivity contribution in [3.05, 3.63) is 34.9 Å². The Morgan fingerprint density at radius 3 is 2.41 bits per heavy atom. The zero-order valence-corrected chi connectivity index (χ0v) is 18.5. The highest BCUT2D eigenvalue weighted by atomic mass is 35.5. The van der Waals surface area contributed by atoms with Gasteiger partial charge >= 0.3 is 0 Å². The number of hydrogen-bond donors (Lipinski definition) is 3. The van der Waals surface area contributed by atoms with Crippen LogP contribution >= 0.6 is 11.6 Å². The molecular formula is C21H34ClN5O2. The van der Waals surface area contributed by atoms with Gasteiger partial charge < -0.3 is 20.7 Å². The summed E-state index contributed by atoms with van der Waals surface area (Å²) < 4.78 is 5.48. The first kappa shape index (κ1) is 23.4. The third-order valence-corrected chi connectivity index (χ3v) is 5.10. The van der Waals surface area contributed by atoms with E-state index in [2.05, 4.69) is 39.7 Å². The van der Waals surface area contributed by atoms with Crippen LogP contribution < -0.4 is 16.0 Å². The van der Waals surface area contributed by atoms with Crippen molar-refractivity contribution in [1.29, 1.82) is 0 Å². The van der Waals surface area contributed by atoms with Gasteiger partial charge in [-0.15, -0.1) is 0 Å². The van der Waals surface area contributed by atoms with E-state index in [1.807, 2.05) is 0 Å². The summed E-state index contributed by atoms with van der Waals surface area (Å²) in [6, 6.07) is 7.30. The van der Waals surface area contributed by atoms with E-state index in [-0.39, 0.29) is 5.91 Å². The van der Waals surface area contributed by atoms with Crippen molar-refractivity contribution in [2.45, 2.75) is 26.3 Å². The Morgan fingerprint density at radius 1 is 1.14 bits per heavy atom. The Hall–Kier alpha value is -1.83. The number of hydrogen-bond acceptors (Lipinski definition) is 4. The fourth-order valence-electron chi connectivity index (χ4n) is 3.34. The number of morpholine rings is 1. The average molecular weight is 424 g/mol. The van der Waals surface area contributed by atoms with Crippen molar-refractivity contribution >= 4 is 23.5 Å². The van der Waals surface area contributed by atoms with Crippen molar-refractivity contribution in [1.82, 2.24) is 20.9 Å². The number of carbonyl (C=O) groups excluding carboxylic acids is 1. The minimum atomic E-state index is -0.115. The minimum Gasteiger partial charge on any atom is -0.379 e. The predicted octanol–water partition coefficient (Wildman–Crippen LogP) is 1.98. The molecule has 1 unspecified atom stereocenters. The first-order chi connectivity index (χ1) is 14.0. The summed E-state index contributed by atoms with van der Waals surface area (Å²) in [5.41, 5.74) is 0.596. The maximum atomic E-state index is 12.1. The van der Waals surface area contributed by atoms with Crippen molar-refractivity contribution in [3.63, 3.8) is 0 Å². The van der Waals surface area contributed by atoms with Crippen LogP contribution in [0.2, 0.25) is 5.02 Å². The van der Waals surface area contributed by atoms with Gasteiger partial charge in [-0.2, -0.15) is 0 Å². The number of guanidine groups is 1. The smallest absolute Gasteiger partial charge is 0.251 e. The van der Waals surface area contributed by atoms with E-state index in [9.17, 15) is 4.79 Å². The second kappa shape index (κ2) is 12.7. The molecule has 1 saturated heterocycles. The summed E-state index contributed by atoms with van der Waals surface area (Å²) in [5.74, 6) is 1.26. The molecule has 2 rings (SSSR count). The second-order valence-electron chi connectivity index (χ2n) is 7.57. The van der Waals surface area contributed by atoms with Crippen molar-refractivity contribution in [2.24, 2.45) is 10.9 Å². The van der Waals surface area contributed by atoms with Gasteiger partial charge in [0.2, 0.25) is 0 Å². The second-order valence-corrected chi connectivity index (χ2v) is 8.01. The maximum absolute atomic E-state index is 12.1. The highest BCUT2D eigenvalue weighted by Crippen LogP contribution is 2.13. The molecule has 0 bridgehead atoms. The van der Waals surface area contributed by atoms with Crippen molar-refractivity contribution < 1.29 is 9.53 Å². The zero-order valence-electron chi connectivity index (χ0n) is 17.7. The van der Waals surface area contributed by atoms with Crippen LogP contribution in [-0.4, -0.2) is 75.8 Å². The van der Waals surface area contributed by atoms with Gasteiger partial charge in [0, 0.05) is 56.4 Å². The lowest BCUT2D eigenvalue weighted by Gasteiger charge is -2.35. The van der Waals surface area contributed by atoms with E-state index in [4.69, 9.17) is 16.3 Å². The van der Waals surface area contributed by atoms with Crippen LogP contribution in [0.15, 0.2) is 29.3 Å². The third kappa shape index (κ3) is 8.60. The Balaban J connectivity index is 1.72. The molecule has 1 atom stereocenters. The summed E-state index contributed by atoms with van der Waals surface area (Å²) >= 11 is 5.85. The molecule has 0 aromatic heterocycles. The quantitative estimate of drug-likeness (QED) is 0.321. The fourth-order valence-corrected chi connectivity index (χ4v) is 3.47. The summed E-state index contributed by atoms with van der Waals surface area (Å²) in [7, 11) is 1.76. The molecule has 1 heterocycles. The molecule has 0 aliphatic carbocycles. The summed E-state index contributed by atoms with van der Waals surface area (Å²) in [6.45, 7) is 9.97. The first-order valence-corrected chi connectivity index (χ1v) is 10.7. The molecule has 8 heteroatoms. The molecule has 1 aliphatic rings. The van der Waals surface area contributed by atoms with Gasteiger partial charge in [0.05, 0.1) is 13.2 Å². The molecule has 1 aliphatic heterocycles. The monoisotopic (exact) mass is 423 g/mol. The molecule has 1 aromatic carbocycles. The number of aliphatic imine (C=N–C) groups is 1. The number of halogens is 1. The molecule has 0 spiro atoms. The number of amides is 1. The van der Waals surface area contributed by atoms with Crippen molar-refractivity contribution in [2.75, 3.05) is 53.0 Å². The fraction of sp³-hybridized carbons (Fsp3) is 0.619. The van der Waals surface area contributed by atoms with Gasteiger partial charge in [-0.3, -0.25) is 14.7 Å². The summed E-state index contributed by atoms with van der Waals surface area (Å²) in [4.78, 5) is 18.9. The Labute approximate surface area is 179 Å². The van der Waals surface area contributed by atoms with Crippen LogP contribution in [0.3, 0.4) is 0 Å². The lowest BCUT2D eigenvalue weighted by molar-refractivity contribution is 0.0132. The molecule has 29 heavy (non-hydrogen) atoms. The van der Waals surface area contributed by atoms with E-state index in [0.29, 0.717) is 35.6 Å². The van der Waals surface area contributed by atoms with E-state index in [1.54, 1.807) is 31.3 Å². The van der Waals surface area contributed by atoms with E-state index in [1.165, 1.54) is 0 Å². The molecule has 7 nitrogen and oxygen atoms in total. The van der Waals surface area contributed by atoms with Crippen LogP contribution in [0.1, 0.15) is 30.6 Å². The van der Waals surface area contributed by atoms with Crippen LogP contribution in [-0.2, 0) is 4.74 Å². The average Bonchev–Trinajstić information content (AvgIpc) is 2.73. The molecular weight excluding hydrogens is 390 g/mol. The highest BCUT2D eigenvalue weighted by molar-refractivity contribution is 6.30. The lowest BCUT2D eigenvalue weighted by atomic mass is 10.0. The number of nitrogens with zero attached hydrogens (tertiary/aromatic N) is 2. The predicted molar refractivity (Wildman–Crippen MR) is 119 cm³/mol. The summed E-state index contributed by atoms with van der Waals surface area (Å²) in [5, 5.41) is 10.2. The largest absolute Gasteiger partial charge is 0.379 e. The van der Waals surface area contributed by atoms with Gasteiger partial charge in [0.1, 0.15) is 0 Å². The van der Waals surface area contributed by atoms with Crippen molar-refractivity contribution in [3.8, 4) is 0 Å². The third-order valence-electron chi connectivity index (χ3n) is 4.84. The van der Waals surface area contributed by atoms with Crippen LogP contribution in [0.4, 0.5) is 0 Å². The number of nitrogens with one attached hydrogen (secondary N) is 3. The topological polar surface area (TPSA) is 78.0 Å². The number of carbonyl (C=O) groups is 1. The van der Waals surface area contributed by atoms with E-state index in [0.717, 1.165) is 45.2 Å². The van der Waals surface area contributed by atoms with Crippen LogP contribution in [0.25, 0.3) is 0 Å². The molecule has 3 N–H and O–H groups in total. The van der Waals surface area contributed by atoms with Gasteiger partial charge in [-0.05, 0) is 36.6 Å². The van der Waals surface area contributed by atoms with Gasteiger partial charge in [0.15, 0.2) is 5.96 Å². The Bertz CT molecular complexity index is 645. The van der Waals surface area contributed by atoms with Gasteiger partial charge in [0.25, 0.3) is 5.91 Å². The van der Waals surface area contributed by atoms with Gasteiger partial charge in [-0.25, -0.2) is 0 Å². The molecule has 162 valence electrons. The number of ether oxygens (including phenoxy) is 1. The minimum absolute atomic E-state index is 0.115. The summed E-state index contributed by atoms with van der Waals surface area (Å²) in [6.07, 6.45) is 1.13. The molecule has 1 aromatic rings. The SMILES string of the molecule is CN=C(NCCNC(=O)c1ccc(Cl)cc1)NCC(CC(C)C)N1CCOCC1. The number of benzene rings is 1. The van der Waals surface area contributed by atoms with Gasteiger partial charge in [-0.1, -0.05) is 25.4 Å². The standard InChI is InChI=1S/C21H34ClN5O2/c1-16(2)14-19(27-10-12-29-13-11-27)15-26-21(23-3)25-9-8-24-20(28)17-4-6-18(22)7-5-17/h4-7,16,19H,8-15H2,1-3H3,(H,24,28)(H2,23,25,26). The van der Waals surface area contributed by atoms with Crippen LogP contribution in [0, 0.1) is 5.92 Å². The molecule has 0 saturated carbocycles.